The Hall–Kier alpha value is -1.07. The highest BCUT2D eigenvalue weighted by atomic mass is 79.9. The number of anilines is 1. The maximum atomic E-state index is 5.77. The Morgan fingerprint density at radius 2 is 1.83 bits per heavy atom. The third kappa shape index (κ3) is 3.23. The van der Waals surface area contributed by atoms with Gasteiger partial charge in [0, 0.05) is 23.6 Å². The molecule has 5 heteroatoms. The molecule has 3 nitrogen and oxygen atoms in total. The number of benzene rings is 1. The number of halogens is 2. The van der Waals surface area contributed by atoms with Crippen molar-refractivity contribution < 1.29 is 4.74 Å². The highest BCUT2D eigenvalue weighted by molar-refractivity contribution is 9.11. The van der Waals surface area contributed by atoms with Crippen molar-refractivity contribution in [1.29, 1.82) is 0 Å². The Labute approximate surface area is 123 Å². The number of aromatic nitrogens is 1. The second kappa shape index (κ2) is 5.71. The van der Waals surface area contributed by atoms with Crippen LogP contribution in [0.3, 0.4) is 0 Å². The number of aryl methyl sites for hydroxylation is 1. The summed E-state index contributed by atoms with van der Waals surface area (Å²) in [6.45, 7) is 2.47. The Morgan fingerprint density at radius 3 is 2.44 bits per heavy atom. The molecule has 0 saturated carbocycles. The topological polar surface area (TPSA) is 48.1 Å². The molecule has 0 spiro atoms. The van der Waals surface area contributed by atoms with Crippen LogP contribution >= 0.6 is 31.9 Å². The minimum Gasteiger partial charge on any atom is -0.486 e. The van der Waals surface area contributed by atoms with Crippen LogP contribution in [0.5, 0.6) is 5.75 Å². The molecule has 0 aliphatic carbocycles. The van der Waals surface area contributed by atoms with Crippen LogP contribution in [-0.2, 0) is 6.61 Å². The molecule has 1 aromatic heterocycles. The lowest BCUT2D eigenvalue weighted by Crippen LogP contribution is -1.98. The van der Waals surface area contributed by atoms with Crippen LogP contribution in [0, 0.1) is 6.92 Å². The van der Waals surface area contributed by atoms with Gasteiger partial charge in [0.25, 0.3) is 0 Å². The summed E-state index contributed by atoms with van der Waals surface area (Å²) >= 11 is 6.87. The molecule has 1 aromatic carbocycles. The fourth-order valence-corrected chi connectivity index (χ4v) is 3.02. The van der Waals surface area contributed by atoms with Crippen LogP contribution in [0.25, 0.3) is 0 Å². The maximum absolute atomic E-state index is 5.77. The lowest BCUT2D eigenvalue weighted by molar-refractivity contribution is 0.302. The molecule has 1 heterocycles. The summed E-state index contributed by atoms with van der Waals surface area (Å²) in [5, 5.41) is 0. The summed E-state index contributed by atoms with van der Waals surface area (Å²) in [6, 6.07) is 5.68. The molecule has 0 unspecified atom stereocenters. The predicted octanol–water partition coefficient (Wildman–Crippen LogP) is 4.08. The van der Waals surface area contributed by atoms with Crippen molar-refractivity contribution in [3.63, 3.8) is 0 Å². The molecule has 94 valence electrons. The van der Waals surface area contributed by atoms with Crippen LogP contribution < -0.4 is 10.5 Å². The zero-order chi connectivity index (χ0) is 13.1. The van der Waals surface area contributed by atoms with Crippen LogP contribution in [0.4, 0.5) is 5.69 Å². The number of hydrogen-bond acceptors (Lipinski definition) is 3. The maximum Gasteiger partial charge on any atom is 0.148 e. The molecule has 0 fully saturated rings. The molecule has 0 saturated heterocycles. The molecule has 0 atom stereocenters. The van der Waals surface area contributed by atoms with E-state index in [4.69, 9.17) is 10.5 Å². The third-order valence-corrected chi connectivity index (χ3v) is 3.51. The van der Waals surface area contributed by atoms with E-state index in [9.17, 15) is 0 Å². The molecule has 0 amide bonds. The summed E-state index contributed by atoms with van der Waals surface area (Å²) < 4.78 is 7.43. The van der Waals surface area contributed by atoms with Gasteiger partial charge in [-0.05, 0) is 62.5 Å². The van der Waals surface area contributed by atoms with Crippen molar-refractivity contribution in [2.75, 3.05) is 5.73 Å². The SMILES string of the molecule is Cc1cncc(COc2c(Br)cc(N)cc2Br)c1. The van der Waals surface area contributed by atoms with E-state index in [-0.39, 0.29) is 0 Å². The van der Waals surface area contributed by atoms with Gasteiger partial charge in [0.05, 0.1) is 8.95 Å². The van der Waals surface area contributed by atoms with Crippen LogP contribution in [0.1, 0.15) is 11.1 Å². The summed E-state index contributed by atoms with van der Waals surface area (Å²) in [5.74, 6) is 0.741. The van der Waals surface area contributed by atoms with E-state index in [1.807, 2.05) is 31.3 Å². The number of nitrogens with zero attached hydrogens (tertiary/aromatic N) is 1. The third-order valence-electron chi connectivity index (χ3n) is 2.34. The van der Waals surface area contributed by atoms with Crippen molar-refractivity contribution in [2.45, 2.75) is 13.5 Å². The summed E-state index contributed by atoms with van der Waals surface area (Å²) in [4.78, 5) is 4.13. The Morgan fingerprint density at radius 1 is 1.17 bits per heavy atom. The summed E-state index contributed by atoms with van der Waals surface area (Å²) in [6.07, 6.45) is 3.62. The number of ether oxygens (including phenoxy) is 1. The van der Waals surface area contributed by atoms with Gasteiger partial charge in [-0.2, -0.15) is 0 Å². The van der Waals surface area contributed by atoms with Gasteiger partial charge in [-0.15, -0.1) is 0 Å². The number of nitrogens with two attached hydrogens (primary N) is 1. The van der Waals surface area contributed by atoms with E-state index in [1.165, 1.54) is 0 Å². The average Bonchev–Trinajstić information content (AvgIpc) is 2.27. The standard InChI is InChI=1S/C13H12Br2N2O/c1-8-2-9(6-17-5-8)7-18-13-11(14)3-10(16)4-12(13)15/h2-6H,7,16H2,1H3. The molecule has 0 aliphatic heterocycles. The normalized spacial score (nSPS) is 10.4. The van der Waals surface area contributed by atoms with Gasteiger partial charge in [0.1, 0.15) is 12.4 Å². The fraction of sp³-hybridized carbons (Fsp3) is 0.154. The van der Waals surface area contributed by atoms with Crippen molar-refractivity contribution in [3.05, 3.63) is 50.7 Å². The van der Waals surface area contributed by atoms with Gasteiger partial charge in [-0.25, -0.2) is 0 Å². The second-order valence-corrected chi connectivity index (χ2v) is 5.68. The zero-order valence-corrected chi connectivity index (χ0v) is 13.0. The van der Waals surface area contributed by atoms with Crippen LogP contribution in [0.2, 0.25) is 0 Å². The van der Waals surface area contributed by atoms with Gasteiger partial charge in [-0.1, -0.05) is 0 Å². The van der Waals surface area contributed by atoms with E-state index in [1.54, 1.807) is 6.20 Å². The van der Waals surface area contributed by atoms with Crippen molar-refractivity contribution in [2.24, 2.45) is 0 Å². The largest absolute Gasteiger partial charge is 0.486 e. The smallest absolute Gasteiger partial charge is 0.148 e. The number of pyridine rings is 1. The van der Waals surface area contributed by atoms with Crippen molar-refractivity contribution >= 4 is 37.5 Å². The number of rotatable bonds is 3. The molecular weight excluding hydrogens is 360 g/mol. The molecule has 2 N–H and O–H groups in total. The second-order valence-electron chi connectivity index (χ2n) is 3.97. The van der Waals surface area contributed by atoms with E-state index in [0.717, 1.165) is 25.8 Å². The lowest BCUT2D eigenvalue weighted by Gasteiger charge is -2.11. The van der Waals surface area contributed by atoms with Gasteiger partial charge in [-0.3, -0.25) is 4.98 Å². The van der Waals surface area contributed by atoms with Gasteiger partial charge >= 0.3 is 0 Å². The van der Waals surface area contributed by atoms with E-state index in [2.05, 4.69) is 36.8 Å². The zero-order valence-electron chi connectivity index (χ0n) is 9.78. The lowest BCUT2D eigenvalue weighted by atomic mass is 10.2. The van der Waals surface area contributed by atoms with Gasteiger partial charge in [0.15, 0.2) is 0 Å². The van der Waals surface area contributed by atoms with Crippen molar-refractivity contribution in [1.82, 2.24) is 4.98 Å². The summed E-state index contributed by atoms with van der Waals surface area (Å²) in [7, 11) is 0. The molecule has 0 bridgehead atoms. The molecule has 18 heavy (non-hydrogen) atoms. The number of nitrogen functional groups attached to an aromatic ring is 1. The Bertz CT molecular complexity index is 550. The van der Waals surface area contributed by atoms with Gasteiger partial charge in [0.2, 0.25) is 0 Å². The average molecular weight is 372 g/mol. The quantitative estimate of drug-likeness (QED) is 0.827. The Balaban J connectivity index is 2.16. The first-order chi connectivity index (χ1) is 8.56. The monoisotopic (exact) mass is 370 g/mol. The minimum absolute atomic E-state index is 0.468. The van der Waals surface area contributed by atoms with Crippen molar-refractivity contribution in [3.8, 4) is 5.75 Å². The molecule has 2 aromatic rings. The molecule has 0 radical (unpaired) electrons. The first-order valence-corrected chi connectivity index (χ1v) is 6.92. The van der Waals surface area contributed by atoms with E-state index >= 15 is 0 Å². The highest BCUT2D eigenvalue weighted by Crippen LogP contribution is 2.36. The molecule has 2 rings (SSSR count). The van der Waals surface area contributed by atoms with Crippen LogP contribution in [0.15, 0.2) is 39.5 Å². The number of hydrogen-bond donors (Lipinski definition) is 1. The first-order valence-electron chi connectivity index (χ1n) is 5.34. The first kappa shape index (κ1) is 13.4. The Kier molecular flexibility index (Phi) is 4.24. The molecule has 0 aliphatic rings. The van der Waals surface area contributed by atoms with Crippen LogP contribution in [-0.4, -0.2) is 4.98 Å². The highest BCUT2D eigenvalue weighted by Gasteiger charge is 2.08. The predicted molar refractivity (Wildman–Crippen MR) is 79.6 cm³/mol. The molecular formula is C13H12Br2N2O. The fourth-order valence-electron chi connectivity index (χ4n) is 1.57. The minimum atomic E-state index is 0.468. The van der Waals surface area contributed by atoms with E-state index < -0.39 is 0 Å². The van der Waals surface area contributed by atoms with E-state index in [0.29, 0.717) is 12.3 Å². The summed E-state index contributed by atoms with van der Waals surface area (Å²) in [5.41, 5.74) is 8.56. The van der Waals surface area contributed by atoms with Gasteiger partial charge < -0.3 is 10.5 Å².